The summed E-state index contributed by atoms with van der Waals surface area (Å²) in [6.45, 7) is -1.28. The molecule has 0 aromatic heterocycles. The first-order valence-corrected chi connectivity index (χ1v) is 8.18. The summed E-state index contributed by atoms with van der Waals surface area (Å²) in [5.74, 6) is 0.128. The van der Waals surface area contributed by atoms with Crippen molar-refractivity contribution >= 4 is 23.0 Å². The van der Waals surface area contributed by atoms with Crippen LogP contribution in [-0.4, -0.2) is 23.9 Å². The predicted octanol–water partition coefficient (Wildman–Crippen LogP) is 5.16. The Morgan fingerprint density at radius 3 is 2.38 bits per heavy atom. The summed E-state index contributed by atoms with van der Waals surface area (Å²) in [7, 11) is 0. The molecule has 8 heteroatoms. The molecule has 0 spiro atoms. The van der Waals surface area contributed by atoms with E-state index in [1.807, 2.05) is 6.07 Å². The number of ether oxygens (including phenoxy) is 1. The monoisotopic (exact) mass is 382 g/mol. The highest BCUT2D eigenvalue weighted by Gasteiger charge is 2.33. The van der Waals surface area contributed by atoms with Gasteiger partial charge in [0.05, 0.1) is 16.7 Å². The summed E-state index contributed by atoms with van der Waals surface area (Å²) in [6.07, 6.45) is -2.78. The minimum absolute atomic E-state index is 0.00572. The molecule has 0 amide bonds. The van der Waals surface area contributed by atoms with Crippen LogP contribution in [0.1, 0.15) is 18.4 Å². The maximum Gasteiger partial charge on any atom is 0.406 e. The van der Waals surface area contributed by atoms with Gasteiger partial charge in [-0.05, 0) is 49.2 Å². The highest BCUT2D eigenvalue weighted by atomic mass is 35.5. The number of benzene rings is 2. The highest BCUT2D eigenvalue weighted by molar-refractivity contribution is 6.32. The molecule has 1 aliphatic rings. The second kappa shape index (κ2) is 6.96. The van der Waals surface area contributed by atoms with E-state index in [2.05, 4.69) is 0 Å². The summed E-state index contributed by atoms with van der Waals surface area (Å²) in [5, 5.41) is 18.8. The Morgan fingerprint density at radius 2 is 1.85 bits per heavy atom. The summed E-state index contributed by atoms with van der Waals surface area (Å²) < 4.78 is 44.9. The van der Waals surface area contributed by atoms with Crippen molar-refractivity contribution in [3.05, 3.63) is 47.0 Å². The average Bonchev–Trinajstić information content (AvgIpc) is 3.38. The third-order valence-corrected chi connectivity index (χ3v) is 4.05. The van der Waals surface area contributed by atoms with Crippen LogP contribution in [0.3, 0.4) is 0 Å². The van der Waals surface area contributed by atoms with Gasteiger partial charge >= 0.3 is 6.18 Å². The molecule has 2 aromatic rings. The highest BCUT2D eigenvalue weighted by Crippen LogP contribution is 2.40. The van der Waals surface area contributed by atoms with E-state index >= 15 is 0 Å². The van der Waals surface area contributed by atoms with Crippen LogP contribution in [0, 0.1) is 11.3 Å². The van der Waals surface area contributed by atoms with Gasteiger partial charge in [0.2, 0.25) is 0 Å². The van der Waals surface area contributed by atoms with Crippen molar-refractivity contribution < 1.29 is 23.0 Å². The Kier molecular flexibility index (Phi) is 4.88. The number of hydrogen-bond acceptors (Lipinski definition) is 4. The van der Waals surface area contributed by atoms with Crippen molar-refractivity contribution in [1.29, 1.82) is 5.26 Å². The van der Waals surface area contributed by atoms with Crippen LogP contribution in [0.4, 0.5) is 24.5 Å². The Labute approximate surface area is 153 Å². The molecule has 0 heterocycles. The molecule has 0 radical (unpaired) electrons. The molecular formula is C18H14ClF3N2O2. The zero-order chi connectivity index (χ0) is 18.9. The lowest BCUT2D eigenvalue weighted by molar-refractivity contribution is -0.118. The minimum atomic E-state index is -4.49. The lowest BCUT2D eigenvalue weighted by atomic mass is 10.1. The second-order valence-corrected chi connectivity index (χ2v) is 6.36. The van der Waals surface area contributed by atoms with Crippen molar-refractivity contribution in [2.45, 2.75) is 25.1 Å². The molecule has 1 fully saturated rings. The van der Waals surface area contributed by atoms with Crippen LogP contribution in [0.25, 0.3) is 0 Å². The molecule has 136 valence electrons. The first-order chi connectivity index (χ1) is 12.3. The number of aromatic hydroxyl groups is 1. The van der Waals surface area contributed by atoms with Crippen LogP contribution in [0.5, 0.6) is 11.5 Å². The van der Waals surface area contributed by atoms with E-state index in [1.165, 1.54) is 36.4 Å². The number of nitrogens with zero attached hydrogens (tertiary/aromatic N) is 2. The van der Waals surface area contributed by atoms with Crippen LogP contribution >= 0.6 is 11.6 Å². The quantitative estimate of drug-likeness (QED) is 0.776. The molecule has 2 aromatic carbocycles. The summed E-state index contributed by atoms with van der Waals surface area (Å²) in [4.78, 5) is 0.979. The minimum Gasteiger partial charge on any atom is -0.508 e. The second-order valence-electron chi connectivity index (χ2n) is 5.95. The van der Waals surface area contributed by atoms with E-state index < -0.39 is 12.7 Å². The van der Waals surface area contributed by atoms with Gasteiger partial charge < -0.3 is 14.7 Å². The number of hydrogen-bond donors (Lipinski definition) is 1. The van der Waals surface area contributed by atoms with Crippen molar-refractivity contribution in [3.63, 3.8) is 0 Å². The number of anilines is 2. The number of phenolic OH excluding ortho intramolecular Hbond substituents is 1. The zero-order valence-electron chi connectivity index (χ0n) is 13.4. The van der Waals surface area contributed by atoms with E-state index in [-0.39, 0.29) is 39.6 Å². The smallest absolute Gasteiger partial charge is 0.406 e. The van der Waals surface area contributed by atoms with E-state index in [9.17, 15) is 23.5 Å². The van der Waals surface area contributed by atoms with Gasteiger partial charge in [0, 0.05) is 11.4 Å². The Hall–Kier alpha value is -2.59. The molecule has 3 rings (SSSR count). The van der Waals surface area contributed by atoms with Gasteiger partial charge in [-0.15, -0.1) is 0 Å². The molecule has 4 nitrogen and oxygen atoms in total. The number of phenols is 1. The van der Waals surface area contributed by atoms with Crippen molar-refractivity contribution in [3.8, 4) is 17.6 Å². The molecule has 1 N–H and O–H groups in total. The molecule has 0 saturated heterocycles. The predicted molar refractivity (Wildman–Crippen MR) is 91.0 cm³/mol. The summed E-state index contributed by atoms with van der Waals surface area (Å²) >= 11 is 6.19. The number of alkyl halides is 3. The average molecular weight is 383 g/mol. The van der Waals surface area contributed by atoms with Crippen LogP contribution in [0.2, 0.25) is 5.02 Å². The van der Waals surface area contributed by atoms with Crippen molar-refractivity contribution in [2.24, 2.45) is 0 Å². The molecule has 0 bridgehead atoms. The van der Waals surface area contributed by atoms with Crippen LogP contribution in [0.15, 0.2) is 36.4 Å². The van der Waals surface area contributed by atoms with E-state index in [4.69, 9.17) is 16.3 Å². The molecule has 0 unspecified atom stereocenters. The first kappa shape index (κ1) is 18.2. The molecular weight excluding hydrogens is 369 g/mol. The number of nitriles is 1. The molecule has 26 heavy (non-hydrogen) atoms. The van der Waals surface area contributed by atoms with E-state index in [0.29, 0.717) is 0 Å². The van der Waals surface area contributed by atoms with Gasteiger partial charge in [-0.3, -0.25) is 0 Å². The lowest BCUT2D eigenvalue weighted by Crippen LogP contribution is -2.30. The normalized spacial score (nSPS) is 14.0. The molecule has 0 atom stereocenters. The van der Waals surface area contributed by atoms with E-state index in [1.54, 1.807) is 0 Å². The van der Waals surface area contributed by atoms with Gasteiger partial charge in [0.15, 0.2) is 5.75 Å². The first-order valence-electron chi connectivity index (χ1n) is 7.80. The topological polar surface area (TPSA) is 56.5 Å². The molecule has 1 saturated carbocycles. The fourth-order valence-electron chi connectivity index (χ4n) is 2.43. The Balaban J connectivity index is 2.04. The van der Waals surface area contributed by atoms with Crippen molar-refractivity contribution in [2.75, 3.05) is 11.4 Å². The third-order valence-electron chi connectivity index (χ3n) is 3.77. The van der Waals surface area contributed by atoms with Gasteiger partial charge in [-0.1, -0.05) is 11.6 Å². The van der Waals surface area contributed by atoms with Crippen LogP contribution in [-0.2, 0) is 0 Å². The lowest BCUT2D eigenvalue weighted by Gasteiger charge is -2.27. The third kappa shape index (κ3) is 4.33. The van der Waals surface area contributed by atoms with Crippen molar-refractivity contribution in [1.82, 2.24) is 0 Å². The van der Waals surface area contributed by atoms with Gasteiger partial charge in [0.25, 0.3) is 0 Å². The van der Waals surface area contributed by atoms with Gasteiger partial charge in [-0.25, -0.2) is 0 Å². The van der Waals surface area contributed by atoms with E-state index in [0.717, 1.165) is 17.7 Å². The SMILES string of the molecule is N#Cc1cc(N(CC(F)(F)F)c2ccc(O)cc2)cc(Cl)c1OC1CC1. The fraction of sp³-hybridized carbons (Fsp3) is 0.278. The maximum absolute atomic E-state index is 13.1. The molecule has 1 aliphatic carbocycles. The van der Waals surface area contributed by atoms with Gasteiger partial charge in [-0.2, -0.15) is 18.4 Å². The van der Waals surface area contributed by atoms with Gasteiger partial charge in [0.1, 0.15) is 18.4 Å². The summed E-state index contributed by atoms with van der Waals surface area (Å²) in [5.41, 5.74) is 0.388. The fourth-order valence-corrected chi connectivity index (χ4v) is 2.69. The number of halogens is 4. The zero-order valence-corrected chi connectivity index (χ0v) is 14.2. The maximum atomic E-state index is 13.1. The number of rotatable bonds is 5. The standard InChI is InChI=1S/C18H14ClF3N2O2/c19-16-8-13(7-11(9-23)17(16)26-15-5-6-15)24(10-18(20,21)22)12-1-3-14(25)4-2-12/h1-4,7-8,15,25H,5-6,10H2. The Morgan fingerprint density at radius 1 is 1.19 bits per heavy atom. The van der Waals surface area contributed by atoms with Crippen LogP contribution < -0.4 is 9.64 Å². The summed E-state index contributed by atoms with van der Waals surface area (Å²) in [6, 6.07) is 9.89. The largest absolute Gasteiger partial charge is 0.508 e. The molecule has 0 aliphatic heterocycles. The Bertz CT molecular complexity index is 843.